The van der Waals surface area contributed by atoms with E-state index in [0.29, 0.717) is 5.75 Å². The van der Waals surface area contributed by atoms with Crippen LogP contribution in [0.5, 0.6) is 11.5 Å². The van der Waals surface area contributed by atoms with Gasteiger partial charge in [-0.3, -0.25) is 4.79 Å². The lowest BCUT2D eigenvalue weighted by molar-refractivity contribution is -0.132. The molecule has 1 amide bonds. The van der Waals surface area contributed by atoms with Crippen LogP contribution in [0.2, 0.25) is 0 Å². The lowest BCUT2D eigenvalue weighted by Crippen LogP contribution is -2.30. The Hall–Kier alpha value is -2.56. The van der Waals surface area contributed by atoms with E-state index in [1.54, 1.807) is 31.2 Å². The average Bonchev–Trinajstić information content (AvgIpc) is 2.62. The Balaban J connectivity index is 1.90. The second kappa shape index (κ2) is 8.34. The van der Waals surface area contributed by atoms with Crippen molar-refractivity contribution in [2.75, 3.05) is 20.8 Å². The van der Waals surface area contributed by atoms with Crippen LogP contribution in [0.25, 0.3) is 0 Å². The zero-order valence-electron chi connectivity index (χ0n) is 14.2. The van der Waals surface area contributed by atoms with Gasteiger partial charge in [0.2, 0.25) is 5.91 Å². The summed E-state index contributed by atoms with van der Waals surface area (Å²) in [6.45, 7) is 2.20. The third-order valence-corrected chi connectivity index (χ3v) is 3.96. The summed E-state index contributed by atoms with van der Waals surface area (Å²) >= 11 is 0. The second-order valence-corrected chi connectivity index (χ2v) is 5.47. The Morgan fingerprint density at radius 2 is 1.83 bits per heavy atom. The summed E-state index contributed by atoms with van der Waals surface area (Å²) in [4.78, 5) is 14.0. The molecule has 0 N–H and O–H groups in total. The maximum Gasteiger partial charge on any atom is 0.226 e. The molecule has 2 aromatic rings. The van der Waals surface area contributed by atoms with E-state index < -0.39 is 0 Å². The summed E-state index contributed by atoms with van der Waals surface area (Å²) < 4.78 is 23.7. The Kier molecular flexibility index (Phi) is 6.18. The molecule has 0 fully saturated rings. The number of nitrogens with zero attached hydrogens (tertiary/aromatic N) is 1. The molecule has 0 bridgehead atoms. The largest absolute Gasteiger partial charge is 0.496 e. The van der Waals surface area contributed by atoms with E-state index in [0.717, 1.165) is 11.3 Å². The maximum absolute atomic E-state index is 12.8. The molecule has 24 heavy (non-hydrogen) atoms. The van der Waals surface area contributed by atoms with Crippen LogP contribution < -0.4 is 9.47 Å². The van der Waals surface area contributed by atoms with Gasteiger partial charge in [-0.2, -0.15) is 0 Å². The molecule has 2 aromatic carbocycles. The quantitative estimate of drug-likeness (QED) is 0.774. The Morgan fingerprint density at radius 1 is 1.17 bits per heavy atom. The van der Waals surface area contributed by atoms with Gasteiger partial charge in [0.25, 0.3) is 0 Å². The highest BCUT2D eigenvalue weighted by molar-refractivity contribution is 5.76. The van der Waals surface area contributed by atoms with Crippen molar-refractivity contribution in [1.82, 2.24) is 4.90 Å². The highest BCUT2D eigenvalue weighted by Crippen LogP contribution is 2.28. The molecule has 4 nitrogen and oxygen atoms in total. The van der Waals surface area contributed by atoms with Gasteiger partial charge in [0.05, 0.1) is 26.2 Å². The van der Waals surface area contributed by atoms with E-state index in [9.17, 15) is 9.18 Å². The van der Waals surface area contributed by atoms with Crippen LogP contribution in [0.15, 0.2) is 48.5 Å². The van der Waals surface area contributed by atoms with Gasteiger partial charge in [0.15, 0.2) is 0 Å². The fraction of sp³-hybridized carbons (Fsp3) is 0.316. The number of amides is 1. The van der Waals surface area contributed by atoms with Crippen LogP contribution in [-0.2, 0) is 4.79 Å². The van der Waals surface area contributed by atoms with Crippen molar-refractivity contribution < 1.29 is 18.7 Å². The highest BCUT2D eigenvalue weighted by Gasteiger charge is 2.20. The molecular formula is C19H22FNO3. The lowest BCUT2D eigenvalue weighted by Gasteiger charge is -2.26. The third kappa shape index (κ3) is 4.47. The van der Waals surface area contributed by atoms with Gasteiger partial charge in [-0.05, 0) is 37.3 Å². The normalized spacial score (nSPS) is 11.7. The molecule has 0 aliphatic heterocycles. The molecule has 0 aliphatic carbocycles. The van der Waals surface area contributed by atoms with Crippen LogP contribution in [0.1, 0.15) is 24.9 Å². The number of halogens is 1. The highest BCUT2D eigenvalue weighted by atomic mass is 19.1. The zero-order chi connectivity index (χ0) is 17.5. The predicted molar refractivity (Wildman–Crippen MR) is 90.7 cm³/mol. The summed E-state index contributed by atoms with van der Waals surface area (Å²) in [5.41, 5.74) is 0.954. The number of benzene rings is 2. The van der Waals surface area contributed by atoms with E-state index in [2.05, 4.69) is 0 Å². The van der Waals surface area contributed by atoms with Crippen LogP contribution in [0.4, 0.5) is 4.39 Å². The molecule has 1 unspecified atom stereocenters. The van der Waals surface area contributed by atoms with E-state index >= 15 is 0 Å². The number of rotatable bonds is 7. The molecular weight excluding hydrogens is 309 g/mol. The molecule has 0 aliphatic rings. The Bertz CT molecular complexity index is 673. The van der Waals surface area contributed by atoms with Crippen molar-refractivity contribution in [3.63, 3.8) is 0 Å². The first kappa shape index (κ1) is 17.8. The van der Waals surface area contributed by atoms with Gasteiger partial charge in [-0.25, -0.2) is 4.39 Å². The minimum absolute atomic E-state index is 0.0319. The number of carbonyl (C=O) groups excluding carboxylic acids is 1. The topological polar surface area (TPSA) is 38.8 Å². The zero-order valence-corrected chi connectivity index (χ0v) is 14.2. The Morgan fingerprint density at radius 3 is 2.50 bits per heavy atom. The Labute approximate surface area is 141 Å². The van der Waals surface area contributed by atoms with Gasteiger partial charge in [-0.1, -0.05) is 18.2 Å². The number of ether oxygens (including phenoxy) is 2. The fourth-order valence-corrected chi connectivity index (χ4v) is 2.40. The monoisotopic (exact) mass is 331 g/mol. The first-order valence-electron chi connectivity index (χ1n) is 7.80. The summed E-state index contributed by atoms with van der Waals surface area (Å²) in [6.07, 6.45) is 0.243. The van der Waals surface area contributed by atoms with Gasteiger partial charge in [0.1, 0.15) is 17.3 Å². The van der Waals surface area contributed by atoms with Crippen molar-refractivity contribution >= 4 is 5.91 Å². The molecule has 0 saturated heterocycles. The van der Waals surface area contributed by atoms with Crippen molar-refractivity contribution in [1.29, 1.82) is 0 Å². The molecule has 0 heterocycles. The molecule has 0 saturated carbocycles. The van der Waals surface area contributed by atoms with Crippen LogP contribution in [0, 0.1) is 5.82 Å². The number of carbonyl (C=O) groups is 1. The van der Waals surface area contributed by atoms with Crippen molar-refractivity contribution in [2.45, 2.75) is 19.4 Å². The van der Waals surface area contributed by atoms with Crippen molar-refractivity contribution in [2.24, 2.45) is 0 Å². The SMILES string of the molecule is COc1ccccc1C(C)N(C)C(=O)CCOc1ccc(F)cc1. The minimum Gasteiger partial charge on any atom is -0.496 e. The lowest BCUT2D eigenvalue weighted by atomic mass is 10.1. The number of methoxy groups -OCH3 is 1. The standard InChI is InChI=1S/C19H22FNO3/c1-14(17-6-4-5-7-18(17)23-3)21(2)19(22)12-13-24-16-10-8-15(20)9-11-16/h4-11,14H,12-13H2,1-3H3. The van der Waals surface area contributed by atoms with Crippen molar-refractivity contribution in [3.05, 3.63) is 59.9 Å². The third-order valence-electron chi connectivity index (χ3n) is 3.96. The predicted octanol–water partition coefficient (Wildman–Crippen LogP) is 3.82. The molecule has 2 rings (SSSR count). The number of hydrogen-bond acceptors (Lipinski definition) is 3. The fourth-order valence-electron chi connectivity index (χ4n) is 2.40. The van der Waals surface area contributed by atoms with Crippen LogP contribution in [0.3, 0.4) is 0 Å². The second-order valence-electron chi connectivity index (χ2n) is 5.47. The molecule has 5 heteroatoms. The summed E-state index contributed by atoms with van der Waals surface area (Å²) in [6, 6.07) is 13.3. The van der Waals surface area contributed by atoms with E-state index in [4.69, 9.17) is 9.47 Å². The van der Waals surface area contributed by atoms with E-state index in [1.165, 1.54) is 12.1 Å². The first-order valence-corrected chi connectivity index (χ1v) is 7.80. The molecule has 128 valence electrons. The number of hydrogen-bond donors (Lipinski definition) is 0. The van der Waals surface area contributed by atoms with Gasteiger partial charge >= 0.3 is 0 Å². The molecule has 0 radical (unpaired) electrons. The summed E-state index contributed by atoms with van der Waals surface area (Å²) in [5.74, 6) is 0.955. The van der Waals surface area contributed by atoms with Gasteiger partial charge in [-0.15, -0.1) is 0 Å². The minimum atomic E-state index is -0.316. The summed E-state index contributed by atoms with van der Waals surface area (Å²) in [5, 5.41) is 0. The van der Waals surface area contributed by atoms with Crippen molar-refractivity contribution in [3.8, 4) is 11.5 Å². The molecule has 0 spiro atoms. The smallest absolute Gasteiger partial charge is 0.226 e. The maximum atomic E-state index is 12.8. The molecule has 1 atom stereocenters. The summed E-state index contributed by atoms with van der Waals surface area (Å²) in [7, 11) is 3.38. The van der Waals surface area contributed by atoms with Gasteiger partial charge in [0, 0.05) is 12.6 Å². The van der Waals surface area contributed by atoms with Gasteiger partial charge < -0.3 is 14.4 Å². The van der Waals surface area contributed by atoms with E-state index in [1.807, 2.05) is 31.2 Å². The van der Waals surface area contributed by atoms with Crippen LogP contribution in [-0.4, -0.2) is 31.6 Å². The molecule has 0 aromatic heterocycles. The average molecular weight is 331 g/mol. The van der Waals surface area contributed by atoms with E-state index in [-0.39, 0.29) is 30.8 Å². The van der Waals surface area contributed by atoms with Crippen LogP contribution >= 0.6 is 0 Å². The number of para-hydroxylation sites is 1. The first-order chi connectivity index (χ1) is 11.5.